The van der Waals surface area contributed by atoms with Gasteiger partial charge in [0.25, 0.3) is 0 Å². The van der Waals surface area contributed by atoms with Gasteiger partial charge in [0, 0.05) is 24.6 Å². The number of hydrogen-bond acceptors (Lipinski definition) is 1. The molecule has 2 amide bonds. The van der Waals surface area contributed by atoms with E-state index < -0.39 is 17.0 Å². The second-order valence-corrected chi connectivity index (χ2v) is 7.97. The molecule has 0 aromatic heterocycles. The summed E-state index contributed by atoms with van der Waals surface area (Å²) in [5, 5.41) is 5.72. The molecule has 0 heterocycles. The van der Waals surface area contributed by atoms with Crippen LogP contribution in [0.15, 0.2) is 48.5 Å². The second kappa shape index (κ2) is 7.67. The van der Waals surface area contributed by atoms with E-state index in [0.717, 1.165) is 25.3 Å². The van der Waals surface area contributed by atoms with E-state index in [0.29, 0.717) is 18.7 Å². The first-order valence-corrected chi connectivity index (χ1v) is 9.35. The number of amides is 2. The van der Waals surface area contributed by atoms with Gasteiger partial charge in [0.15, 0.2) is 0 Å². The van der Waals surface area contributed by atoms with E-state index in [1.807, 2.05) is 32.0 Å². The molecule has 0 aliphatic heterocycles. The van der Waals surface area contributed by atoms with Gasteiger partial charge in [-0.25, -0.2) is 13.6 Å². The fraction of sp³-hybridized carbons (Fsp3) is 0.409. The minimum Gasteiger partial charge on any atom is -0.338 e. The summed E-state index contributed by atoms with van der Waals surface area (Å²) in [6.45, 7) is 4.97. The largest absolute Gasteiger partial charge is 0.338 e. The molecule has 2 N–H and O–H groups in total. The van der Waals surface area contributed by atoms with E-state index in [1.165, 1.54) is 17.7 Å². The molecule has 0 radical (unpaired) electrons. The Hall–Kier alpha value is -2.43. The fourth-order valence-corrected chi connectivity index (χ4v) is 3.88. The molecule has 2 aromatic carbocycles. The van der Waals surface area contributed by atoms with Gasteiger partial charge in [-0.15, -0.1) is 0 Å². The first kappa shape index (κ1) is 19.3. The van der Waals surface area contributed by atoms with Crippen molar-refractivity contribution in [3.8, 4) is 0 Å². The van der Waals surface area contributed by atoms with E-state index in [-0.39, 0.29) is 11.4 Å². The van der Waals surface area contributed by atoms with Crippen molar-refractivity contribution in [2.24, 2.45) is 5.41 Å². The molecule has 144 valence electrons. The molecule has 0 saturated heterocycles. The van der Waals surface area contributed by atoms with Crippen LogP contribution in [0, 0.1) is 17.0 Å². The third-order valence-electron chi connectivity index (χ3n) is 5.68. The third-order valence-corrected chi connectivity index (χ3v) is 5.68. The van der Waals surface area contributed by atoms with Crippen molar-refractivity contribution in [1.29, 1.82) is 0 Å². The minimum absolute atomic E-state index is 0.147. The van der Waals surface area contributed by atoms with Crippen molar-refractivity contribution in [2.45, 2.75) is 38.5 Å². The highest BCUT2D eigenvalue weighted by Gasteiger charge is 2.62. The number of urea groups is 1. The smallest absolute Gasteiger partial charge is 0.314 e. The Balaban J connectivity index is 1.51. The maximum absolute atomic E-state index is 14.3. The quantitative estimate of drug-likeness (QED) is 0.687. The molecule has 0 bridgehead atoms. The Labute approximate surface area is 159 Å². The van der Waals surface area contributed by atoms with Gasteiger partial charge in [-0.2, -0.15) is 0 Å². The van der Waals surface area contributed by atoms with Gasteiger partial charge in [-0.05, 0) is 41.9 Å². The number of hydrogen-bond donors (Lipinski definition) is 2. The zero-order valence-corrected chi connectivity index (χ0v) is 15.8. The second-order valence-electron chi connectivity index (χ2n) is 7.97. The first-order valence-electron chi connectivity index (χ1n) is 9.35. The number of carbonyl (C=O) groups excluding carboxylic acids is 1. The van der Waals surface area contributed by atoms with Gasteiger partial charge < -0.3 is 10.6 Å². The predicted molar refractivity (Wildman–Crippen MR) is 103 cm³/mol. The van der Waals surface area contributed by atoms with Crippen molar-refractivity contribution in [3.63, 3.8) is 0 Å². The average Bonchev–Trinajstić information content (AvgIpc) is 3.19. The van der Waals surface area contributed by atoms with Crippen molar-refractivity contribution in [3.05, 3.63) is 71.3 Å². The molecule has 27 heavy (non-hydrogen) atoms. The molecule has 1 unspecified atom stereocenters. The van der Waals surface area contributed by atoms with Gasteiger partial charge in [0.05, 0.1) is 0 Å². The van der Waals surface area contributed by atoms with Gasteiger partial charge in [-0.3, -0.25) is 0 Å². The molecule has 1 saturated carbocycles. The number of carbonyl (C=O) groups is 1. The Morgan fingerprint density at radius 3 is 2.41 bits per heavy atom. The number of rotatable bonds is 7. The van der Waals surface area contributed by atoms with Gasteiger partial charge in [-0.1, -0.05) is 50.2 Å². The number of benzene rings is 2. The van der Waals surface area contributed by atoms with E-state index in [1.54, 1.807) is 0 Å². The van der Waals surface area contributed by atoms with Crippen molar-refractivity contribution in [2.75, 3.05) is 13.1 Å². The van der Waals surface area contributed by atoms with Crippen LogP contribution in [-0.4, -0.2) is 19.1 Å². The first-order chi connectivity index (χ1) is 12.8. The lowest BCUT2D eigenvalue weighted by molar-refractivity contribution is 0.238. The number of halogens is 2. The average molecular weight is 372 g/mol. The standard InChI is InChI=1S/C22H26F2N2O/c1-21(2)14-22(21,18-11-10-17(23)13-19(18)24)15-26-20(27)25-12-6-9-16-7-4-3-5-8-16/h3-5,7-8,10-11,13H,6,9,12,14-15H2,1-2H3,(H2,25,26,27). The maximum atomic E-state index is 14.3. The minimum atomic E-state index is -0.589. The van der Waals surface area contributed by atoms with Crippen LogP contribution in [0.5, 0.6) is 0 Å². The summed E-state index contributed by atoms with van der Waals surface area (Å²) in [7, 11) is 0. The fourth-order valence-electron chi connectivity index (χ4n) is 3.88. The van der Waals surface area contributed by atoms with Crippen molar-refractivity contribution >= 4 is 6.03 Å². The van der Waals surface area contributed by atoms with Gasteiger partial charge in [0.1, 0.15) is 11.6 Å². The van der Waals surface area contributed by atoms with Gasteiger partial charge >= 0.3 is 6.03 Å². The molecule has 1 aliphatic rings. The summed E-state index contributed by atoms with van der Waals surface area (Å²) in [6.07, 6.45) is 2.50. The molecule has 1 atom stereocenters. The summed E-state index contributed by atoms with van der Waals surface area (Å²) >= 11 is 0. The van der Waals surface area contributed by atoms with E-state index in [9.17, 15) is 13.6 Å². The highest BCUT2D eigenvalue weighted by molar-refractivity contribution is 5.74. The zero-order valence-electron chi connectivity index (χ0n) is 15.8. The van der Waals surface area contributed by atoms with Gasteiger partial charge in [0.2, 0.25) is 0 Å². The summed E-state index contributed by atoms with van der Waals surface area (Å²) in [6, 6.07) is 13.5. The molecule has 0 spiro atoms. The highest BCUT2D eigenvalue weighted by atomic mass is 19.1. The van der Waals surface area contributed by atoms with E-state index in [2.05, 4.69) is 22.8 Å². The summed E-state index contributed by atoms with van der Waals surface area (Å²) in [5.41, 5.74) is 1.07. The molecule has 1 aliphatic carbocycles. The summed E-state index contributed by atoms with van der Waals surface area (Å²) in [5.74, 6) is -1.14. The molecule has 1 fully saturated rings. The lowest BCUT2D eigenvalue weighted by Crippen LogP contribution is -2.41. The van der Waals surface area contributed by atoms with E-state index in [4.69, 9.17) is 0 Å². The molecular formula is C22H26F2N2O. The van der Waals surface area contributed by atoms with Crippen molar-refractivity contribution in [1.82, 2.24) is 10.6 Å². The normalized spacial score (nSPS) is 20.1. The molecule has 3 nitrogen and oxygen atoms in total. The SMILES string of the molecule is CC1(C)CC1(CNC(=O)NCCCc1ccccc1)c1ccc(F)cc1F. The Kier molecular flexibility index (Phi) is 5.49. The monoisotopic (exact) mass is 372 g/mol. The van der Waals surface area contributed by atoms with Crippen LogP contribution < -0.4 is 10.6 Å². The molecule has 5 heteroatoms. The lowest BCUT2D eigenvalue weighted by Gasteiger charge is -2.22. The summed E-state index contributed by atoms with van der Waals surface area (Å²) in [4.78, 5) is 12.1. The van der Waals surface area contributed by atoms with Crippen LogP contribution in [0.2, 0.25) is 0 Å². The van der Waals surface area contributed by atoms with Crippen LogP contribution >= 0.6 is 0 Å². The van der Waals surface area contributed by atoms with Crippen LogP contribution in [0.25, 0.3) is 0 Å². The Morgan fingerprint density at radius 2 is 1.78 bits per heavy atom. The third kappa shape index (κ3) is 4.29. The zero-order chi connectivity index (χ0) is 19.5. The topological polar surface area (TPSA) is 41.1 Å². The predicted octanol–water partition coefficient (Wildman–Crippen LogP) is 4.56. The summed E-state index contributed by atoms with van der Waals surface area (Å²) < 4.78 is 27.5. The lowest BCUT2D eigenvalue weighted by atomic mass is 9.87. The van der Waals surface area contributed by atoms with Crippen molar-refractivity contribution < 1.29 is 13.6 Å². The molecule has 2 aromatic rings. The molecular weight excluding hydrogens is 346 g/mol. The van der Waals surface area contributed by atoms with Crippen LogP contribution in [0.3, 0.4) is 0 Å². The maximum Gasteiger partial charge on any atom is 0.314 e. The highest BCUT2D eigenvalue weighted by Crippen LogP contribution is 2.64. The van der Waals surface area contributed by atoms with Crippen LogP contribution in [0.4, 0.5) is 13.6 Å². The molecule has 3 rings (SSSR count). The van der Waals surface area contributed by atoms with E-state index >= 15 is 0 Å². The Bertz CT molecular complexity index is 807. The van der Waals surface area contributed by atoms with Crippen LogP contribution in [0.1, 0.15) is 37.8 Å². The number of nitrogens with one attached hydrogen (secondary N) is 2. The van der Waals surface area contributed by atoms with Crippen LogP contribution in [-0.2, 0) is 11.8 Å². The Morgan fingerprint density at radius 1 is 1.07 bits per heavy atom. The number of aryl methyl sites for hydroxylation is 1.